The van der Waals surface area contributed by atoms with E-state index in [1.54, 1.807) is 6.33 Å². The summed E-state index contributed by atoms with van der Waals surface area (Å²) >= 11 is 0. The van der Waals surface area contributed by atoms with Crippen LogP contribution in [0.25, 0.3) is 0 Å². The van der Waals surface area contributed by atoms with Crippen LogP contribution in [0.2, 0.25) is 0 Å². The fourth-order valence-electron chi connectivity index (χ4n) is 4.46. The summed E-state index contributed by atoms with van der Waals surface area (Å²) in [6.45, 7) is 3.90. The largest absolute Gasteiger partial charge is 0.394 e. The van der Waals surface area contributed by atoms with Crippen molar-refractivity contribution in [2.45, 2.75) is 50.6 Å². The van der Waals surface area contributed by atoms with Gasteiger partial charge in [-0.1, -0.05) is 0 Å². The van der Waals surface area contributed by atoms with E-state index in [-0.39, 0.29) is 12.6 Å². The lowest BCUT2D eigenvalue weighted by atomic mass is 10.0. The van der Waals surface area contributed by atoms with Crippen LogP contribution < -0.4 is 9.80 Å². The first-order chi connectivity index (χ1) is 12.3. The van der Waals surface area contributed by atoms with Crippen LogP contribution in [0.3, 0.4) is 0 Å². The van der Waals surface area contributed by atoms with Gasteiger partial charge in [-0.05, 0) is 32.1 Å². The van der Waals surface area contributed by atoms with Crippen LogP contribution in [0.1, 0.15) is 38.5 Å². The molecule has 0 aliphatic carbocycles. The third-order valence-electron chi connectivity index (χ3n) is 5.86. The number of carbonyl (C=O) groups excluding carboxylic acids is 1. The minimum Gasteiger partial charge on any atom is -0.394 e. The number of nitrogens with zero attached hydrogens (tertiary/aromatic N) is 5. The van der Waals surface area contributed by atoms with E-state index in [1.165, 1.54) is 0 Å². The van der Waals surface area contributed by atoms with Crippen molar-refractivity contribution in [3.63, 3.8) is 0 Å². The monoisotopic (exact) mass is 345 g/mol. The molecule has 7 nitrogen and oxygen atoms in total. The van der Waals surface area contributed by atoms with Gasteiger partial charge in [-0.2, -0.15) is 0 Å². The Hall–Kier alpha value is -1.89. The fourth-order valence-corrected chi connectivity index (χ4v) is 4.46. The second-order valence-corrected chi connectivity index (χ2v) is 7.32. The Kier molecular flexibility index (Phi) is 4.74. The predicted molar refractivity (Wildman–Crippen MR) is 95.7 cm³/mol. The SMILES string of the molecule is O=C1CCCN1C1CCN(c2cc(N3CCCC3CO)ncn2)CC1. The number of hydrogen-bond acceptors (Lipinski definition) is 6. The van der Waals surface area contributed by atoms with E-state index in [2.05, 4.69) is 30.7 Å². The molecule has 7 heteroatoms. The van der Waals surface area contributed by atoms with E-state index in [0.717, 1.165) is 76.3 Å². The Morgan fingerprint density at radius 2 is 1.76 bits per heavy atom. The molecule has 3 aliphatic rings. The van der Waals surface area contributed by atoms with Gasteiger partial charge in [-0.3, -0.25) is 4.79 Å². The third kappa shape index (κ3) is 3.29. The number of aromatic nitrogens is 2. The van der Waals surface area contributed by atoms with Crippen molar-refractivity contribution in [2.75, 3.05) is 42.6 Å². The molecule has 136 valence electrons. The van der Waals surface area contributed by atoms with Crippen LogP contribution in [0.15, 0.2) is 12.4 Å². The van der Waals surface area contributed by atoms with Crippen LogP contribution >= 0.6 is 0 Å². The number of amides is 1. The lowest BCUT2D eigenvalue weighted by molar-refractivity contribution is -0.130. The molecule has 0 spiro atoms. The molecule has 3 fully saturated rings. The zero-order chi connectivity index (χ0) is 17.2. The van der Waals surface area contributed by atoms with Gasteiger partial charge in [0.2, 0.25) is 5.91 Å². The van der Waals surface area contributed by atoms with E-state index in [9.17, 15) is 9.90 Å². The number of hydrogen-bond donors (Lipinski definition) is 1. The van der Waals surface area contributed by atoms with E-state index in [4.69, 9.17) is 0 Å². The van der Waals surface area contributed by atoms with Gasteiger partial charge in [0.15, 0.2) is 0 Å². The van der Waals surface area contributed by atoms with Gasteiger partial charge in [-0.15, -0.1) is 0 Å². The molecule has 1 amide bonds. The number of aliphatic hydroxyl groups excluding tert-OH is 1. The molecule has 1 aromatic heterocycles. The summed E-state index contributed by atoms with van der Waals surface area (Å²) in [4.78, 5) is 27.4. The minimum atomic E-state index is 0.175. The van der Waals surface area contributed by atoms with Gasteiger partial charge in [-0.25, -0.2) is 9.97 Å². The first-order valence-corrected chi connectivity index (χ1v) is 9.50. The topological polar surface area (TPSA) is 72.8 Å². The summed E-state index contributed by atoms with van der Waals surface area (Å²) in [5.74, 6) is 2.20. The molecule has 1 N–H and O–H groups in total. The first-order valence-electron chi connectivity index (χ1n) is 9.50. The zero-order valence-corrected chi connectivity index (χ0v) is 14.7. The van der Waals surface area contributed by atoms with Crippen molar-refractivity contribution >= 4 is 17.5 Å². The molecule has 0 saturated carbocycles. The van der Waals surface area contributed by atoms with Gasteiger partial charge in [0.05, 0.1) is 12.6 Å². The smallest absolute Gasteiger partial charge is 0.222 e. The molecule has 0 aromatic carbocycles. The number of likely N-dealkylation sites (tertiary alicyclic amines) is 1. The normalized spacial score (nSPS) is 25.2. The highest BCUT2D eigenvalue weighted by molar-refractivity contribution is 5.78. The molecule has 0 bridgehead atoms. The number of rotatable bonds is 4. The van der Waals surface area contributed by atoms with Crippen molar-refractivity contribution in [3.8, 4) is 0 Å². The maximum atomic E-state index is 11.9. The second kappa shape index (κ2) is 7.15. The van der Waals surface area contributed by atoms with E-state index < -0.39 is 0 Å². The van der Waals surface area contributed by atoms with Crippen LogP contribution in [0.5, 0.6) is 0 Å². The molecule has 4 rings (SSSR count). The van der Waals surface area contributed by atoms with E-state index >= 15 is 0 Å². The molecule has 0 radical (unpaired) electrons. The average Bonchev–Trinajstić information content (AvgIpc) is 3.30. The lowest BCUT2D eigenvalue weighted by Gasteiger charge is -2.37. The van der Waals surface area contributed by atoms with Gasteiger partial charge >= 0.3 is 0 Å². The Labute approximate surface area is 148 Å². The number of aliphatic hydroxyl groups is 1. The summed E-state index contributed by atoms with van der Waals surface area (Å²) in [7, 11) is 0. The molecule has 3 saturated heterocycles. The number of carbonyl (C=O) groups is 1. The van der Waals surface area contributed by atoms with Crippen molar-refractivity contribution in [1.82, 2.24) is 14.9 Å². The van der Waals surface area contributed by atoms with Gasteiger partial charge < -0.3 is 19.8 Å². The zero-order valence-electron chi connectivity index (χ0n) is 14.7. The van der Waals surface area contributed by atoms with Gasteiger partial charge in [0, 0.05) is 44.7 Å². The van der Waals surface area contributed by atoms with Gasteiger partial charge in [0.1, 0.15) is 18.0 Å². The molecule has 1 aromatic rings. The van der Waals surface area contributed by atoms with E-state index in [0.29, 0.717) is 11.9 Å². The summed E-state index contributed by atoms with van der Waals surface area (Å²) in [6, 6.07) is 2.62. The Morgan fingerprint density at radius 3 is 2.48 bits per heavy atom. The van der Waals surface area contributed by atoms with Crippen molar-refractivity contribution < 1.29 is 9.90 Å². The molecule has 1 atom stereocenters. The summed E-state index contributed by atoms with van der Waals surface area (Å²) in [6.07, 6.45) is 7.49. The van der Waals surface area contributed by atoms with E-state index in [1.807, 2.05) is 0 Å². The van der Waals surface area contributed by atoms with Gasteiger partial charge in [0.25, 0.3) is 0 Å². The Balaban J connectivity index is 1.41. The predicted octanol–water partition coefficient (Wildman–Crippen LogP) is 1.03. The van der Waals surface area contributed by atoms with Crippen LogP contribution in [-0.4, -0.2) is 70.8 Å². The summed E-state index contributed by atoms with van der Waals surface area (Å²) < 4.78 is 0. The van der Waals surface area contributed by atoms with Crippen molar-refractivity contribution in [3.05, 3.63) is 12.4 Å². The molecular weight excluding hydrogens is 318 g/mol. The molecule has 4 heterocycles. The summed E-state index contributed by atoms with van der Waals surface area (Å²) in [5.41, 5.74) is 0. The second-order valence-electron chi connectivity index (χ2n) is 7.32. The fraction of sp³-hybridized carbons (Fsp3) is 0.722. The van der Waals surface area contributed by atoms with Crippen LogP contribution in [-0.2, 0) is 4.79 Å². The number of piperidine rings is 1. The maximum absolute atomic E-state index is 11.9. The highest BCUT2D eigenvalue weighted by atomic mass is 16.3. The maximum Gasteiger partial charge on any atom is 0.222 e. The Bertz CT molecular complexity index is 617. The Morgan fingerprint density at radius 1 is 1.00 bits per heavy atom. The highest BCUT2D eigenvalue weighted by Crippen LogP contribution is 2.28. The molecule has 25 heavy (non-hydrogen) atoms. The quantitative estimate of drug-likeness (QED) is 0.879. The average molecular weight is 345 g/mol. The summed E-state index contributed by atoms with van der Waals surface area (Å²) in [5, 5.41) is 9.54. The van der Waals surface area contributed by atoms with Crippen molar-refractivity contribution in [1.29, 1.82) is 0 Å². The molecular formula is C18H27N5O2. The van der Waals surface area contributed by atoms with Crippen molar-refractivity contribution in [2.24, 2.45) is 0 Å². The first kappa shape index (κ1) is 16.6. The molecule has 3 aliphatic heterocycles. The lowest BCUT2D eigenvalue weighted by Crippen LogP contribution is -2.45. The number of anilines is 2. The third-order valence-corrected chi connectivity index (χ3v) is 5.86. The molecule has 1 unspecified atom stereocenters. The highest BCUT2D eigenvalue weighted by Gasteiger charge is 2.31. The standard InChI is InChI=1S/C18H27N5O2/c24-12-15-3-1-7-22(15)17-11-16(19-13-20-17)21-9-5-14(6-10-21)23-8-2-4-18(23)25/h11,13-15,24H,1-10,12H2. The van der Waals surface area contributed by atoms with Crippen LogP contribution in [0.4, 0.5) is 11.6 Å². The minimum absolute atomic E-state index is 0.175. The van der Waals surface area contributed by atoms with Crippen LogP contribution in [0, 0.1) is 0 Å².